The van der Waals surface area contributed by atoms with E-state index < -0.39 is 0 Å². The maximum absolute atomic E-state index is 12.0. The van der Waals surface area contributed by atoms with Gasteiger partial charge in [-0.05, 0) is 25.7 Å². The molecule has 110 valence electrons. The summed E-state index contributed by atoms with van der Waals surface area (Å²) in [6.45, 7) is 0.574. The fraction of sp³-hybridized carbons (Fsp3) is 0.733. The average Bonchev–Trinajstić information content (AvgIpc) is 2.84. The molecule has 0 radical (unpaired) electrons. The lowest BCUT2D eigenvalue weighted by Gasteiger charge is -2.33. The topological polar surface area (TPSA) is 56.1 Å². The first kappa shape index (κ1) is 13.6. The van der Waals surface area contributed by atoms with Crippen LogP contribution in [0.15, 0.2) is 17.1 Å². The first-order valence-electron chi connectivity index (χ1n) is 7.64. The number of hydrogen-bond donors (Lipinski definition) is 1. The molecule has 1 aliphatic carbocycles. The summed E-state index contributed by atoms with van der Waals surface area (Å²) in [4.78, 5) is 12.0. The molecule has 0 amide bonds. The fourth-order valence-electron chi connectivity index (χ4n) is 3.49. The molecule has 1 unspecified atom stereocenters. The molecule has 1 N–H and O–H groups in total. The summed E-state index contributed by atoms with van der Waals surface area (Å²) in [6.07, 6.45) is 10.3. The zero-order valence-corrected chi connectivity index (χ0v) is 12.1. The van der Waals surface area contributed by atoms with Gasteiger partial charge in [-0.25, -0.2) is 4.68 Å². The van der Waals surface area contributed by atoms with Crippen LogP contribution < -0.4 is 10.9 Å². The molecule has 1 spiro atoms. The van der Waals surface area contributed by atoms with Gasteiger partial charge >= 0.3 is 0 Å². The maximum atomic E-state index is 12.0. The number of hydrogen-bond acceptors (Lipinski definition) is 4. The van der Waals surface area contributed by atoms with Crippen LogP contribution in [0.25, 0.3) is 0 Å². The van der Waals surface area contributed by atoms with Crippen LogP contribution in [0.4, 0.5) is 5.69 Å². The number of rotatable bonds is 3. The standard InChI is InChI=1S/C15H23N3O2/c1-16-12-9-14(19)18(17-10-12)11-13-5-8-15(20-13)6-3-2-4-7-15/h9-10,13,16H,2-8,11H2,1H3. The molecule has 2 aliphatic rings. The van der Waals surface area contributed by atoms with Gasteiger partial charge in [0.2, 0.25) is 0 Å². The highest BCUT2D eigenvalue weighted by molar-refractivity contribution is 5.37. The molecular formula is C15H23N3O2. The predicted octanol–water partition coefficient (Wildman–Crippen LogP) is 2.17. The molecule has 1 saturated heterocycles. The largest absolute Gasteiger partial charge is 0.387 e. The van der Waals surface area contributed by atoms with Crippen molar-refractivity contribution in [3.05, 3.63) is 22.6 Å². The van der Waals surface area contributed by atoms with E-state index in [0.29, 0.717) is 6.54 Å². The Hall–Kier alpha value is -1.36. The number of ether oxygens (including phenoxy) is 1. The minimum atomic E-state index is -0.0648. The SMILES string of the molecule is CNc1cnn(CC2CCC3(CCCCC3)O2)c(=O)c1. The molecule has 5 nitrogen and oxygen atoms in total. The van der Waals surface area contributed by atoms with Crippen LogP contribution in [0, 0.1) is 0 Å². The van der Waals surface area contributed by atoms with Crippen molar-refractivity contribution in [1.82, 2.24) is 9.78 Å². The van der Waals surface area contributed by atoms with Crippen molar-refractivity contribution in [2.24, 2.45) is 0 Å². The Morgan fingerprint density at radius 2 is 2.20 bits per heavy atom. The Morgan fingerprint density at radius 3 is 2.90 bits per heavy atom. The van der Waals surface area contributed by atoms with Crippen molar-refractivity contribution in [1.29, 1.82) is 0 Å². The van der Waals surface area contributed by atoms with Crippen LogP contribution in [0.1, 0.15) is 44.9 Å². The first-order valence-corrected chi connectivity index (χ1v) is 7.64. The molecule has 2 heterocycles. The van der Waals surface area contributed by atoms with Crippen molar-refractivity contribution in [3.63, 3.8) is 0 Å². The molecule has 20 heavy (non-hydrogen) atoms. The third kappa shape index (κ3) is 2.73. The van der Waals surface area contributed by atoms with Gasteiger partial charge in [0.1, 0.15) is 0 Å². The zero-order valence-electron chi connectivity index (χ0n) is 12.1. The Morgan fingerprint density at radius 1 is 1.40 bits per heavy atom. The van der Waals surface area contributed by atoms with Gasteiger partial charge in [0.05, 0.1) is 30.1 Å². The summed E-state index contributed by atoms with van der Waals surface area (Å²) < 4.78 is 7.81. The zero-order chi connectivity index (χ0) is 14.0. The third-order valence-electron chi connectivity index (χ3n) is 4.64. The fourth-order valence-corrected chi connectivity index (χ4v) is 3.49. The summed E-state index contributed by atoms with van der Waals surface area (Å²) in [6, 6.07) is 1.58. The molecule has 1 aliphatic heterocycles. The van der Waals surface area contributed by atoms with Crippen LogP contribution in [0.2, 0.25) is 0 Å². The number of nitrogens with zero attached hydrogens (tertiary/aromatic N) is 2. The van der Waals surface area contributed by atoms with E-state index in [1.54, 1.807) is 19.3 Å². The van der Waals surface area contributed by atoms with Crippen LogP contribution in [-0.2, 0) is 11.3 Å². The van der Waals surface area contributed by atoms with Crippen LogP contribution >= 0.6 is 0 Å². The van der Waals surface area contributed by atoms with Crippen molar-refractivity contribution >= 4 is 5.69 Å². The molecule has 1 aromatic heterocycles. The van der Waals surface area contributed by atoms with E-state index in [-0.39, 0.29) is 17.3 Å². The highest BCUT2D eigenvalue weighted by atomic mass is 16.5. The minimum absolute atomic E-state index is 0.0648. The molecule has 1 atom stereocenters. The van der Waals surface area contributed by atoms with E-state index >= 15 is 0 Å². The molecule has 1 aromatic rings. The predicted molar refractivity (Wildman–Crippen MR) is 78.0 cm³/mol. The van der Waals surface area contributed by atoms with Gasteiger partial charge < -0.3 is 10.1 Å². The Bertz CT molecular complexity index is 520. The second-order valence-corrected chi connectivity index (χ2v) is 6.04. The Kier molecular flexibility index (Phi) is 3.78. The van der Waals surface area contributed by atoms with E-state index in [2.05, 4.69) is 10.4 Å². The number of nitrogens with one attached hydrogen (secondary N) is 1. The summed E-state index contributed by atoms with van der Waals surface area (Å²) >= 11 is 0. The van der Waals surface area contributed by atoms with E-state index in [9.17, 15) is 4.79 Å². The van der Waals surface area contributed by atoms with Crippen molar-refractivity contribution in [2.45, 2.75) is 63.2 Å². The van der Waals surface area contributed by atoms with Gasteiger partial charge in [0.25, 0.3) is 5.56 Å². The molecule has 0 bridgehead atoms. The summed E-state index contributed by atoms with van der Waals surface area (Å²) in [7, 11) is 1.79. The van der Waals surface area contributed by atoms with Crippen molar-refractivity contribution in [2.75, 3.05) is 12.4 Å². The highest BCUT2D eigenvalue weighted by Gasteiger charge is 2.40. The van der Waals surface area contributed by atoms with Gasteiger partial charge in [0, 0.05) is 13.1 Å². The molecule has 0 aromatic carbocycles. The Labute approximate surface area is 119 Å². The summed E-state index contributed by atoms with van der Waals surface area (Å²) in [5.41, 5.74) is 0.796. The second kappa shape index (κ2) is 5.56. The molecular weight excluding hydrogens is 254 g/mol. The minimum Gasteiger partial charge on any atom is -0.387 e. The summed E-state index contributed by atoms with van der Waals surface area (Å²) in [5.74, 6) is 0. The van der Waals surface area contributed by atoms with Gasteiger partial charge in [-0.1, -0.05) is 19.3 Å². The van der Waals surface area contributed by atoms with Crippen LogP contribution in [-0.4, -0.2) is 28.5 Å². The van der Waals surface area contributed by atoms with Gasteiger partial charge in [-0.15, -0.1) is 0 Å². The quantitative estimate of drug-likeness (QED) is 0.920. The monoisotopic (exact) mass is 277 g/mol. The lowest BCUT2D eigenvalue weighted by atomic mass is 9.83. The molecule has 2 fully saturated rings. The molecule has 1 saturated carbocycles. The number of aromatic nitrogens is 2. The maximum Gasteiger partial charge on any atom is 0.268 e. The van der Waals surface area contributed by atoms with Crippen molar-refractivity contribution < 1.29 is 4.74 Å². The third-order valence-corrected chi connectivity index (χ3v) is 4.64. The van der Waals surface area contributed by atoms with Gasteiger partial charge in [0.15, 0.2) is 0 Å². The highest BCUT2D eigenvalue weighted by Crippen LogP contribution is 2.42. The van der Waals surface area contributed by atoms with Crippen molar-refractivity contribution in [3.8, 4) is 0 Å². The second-order valence-electron chi connectivity index (χ2n) is 6.04. The smallest absolute Gasteiger partial charge is 0.268 e. The molecule has 3 rings (SSSR count). The van der Waals surface area contributed by atoms with E-state index in [0.717, 1.165) is 18.5 Å². The summed E-state index contributed by atoms with van der Waals surface area (Å²) in [5, 5.41) is 7.14. The number of anilines is 1. The van der Waals surface area contributed by atoms with Gasteiger partial charge in [-0.3, -0.25) is 4.79 Å². The molecule has 5 heteroatoms. The average molecular weight is 277 g/mol. The van der Waals surface area contributed by atoms with E-state index in [1.165, 1.54) is 36.8 Å². The Balaban J connectivity index is 1.66. The van der Waals surface area contributed by atoms with Gasteiger partial charge in [-0.2, -0.15) is 5.10 Å². The van der Waals surface area contributed by atoms with Crippen LogP contribution in [0.3, 0.4) is 0 Å². The lowest BCUT2D eigenvalue weighted by Crippen LogP contribution is -2.34. The first-order chi connectivity index (χ1) is 9.71. The van der Waals surface area contributed by atoms with E-state index in [4.69, 9.17) is 4.74 Å². The lowest BCUT2D eigenvalue weighted by molar-refractivity contribution is -0.0692. The normalized spacial score (nSPS) is 24.9. The van der Waals surface area contributed by atoms with E-state index in [1.807, 2.05) is 0 Å². The van der Waals surface area contributed by atoms with Crippen LogP contribution in [0.5, 0.6) is 0 Å².